The number of carbonyl (C=O) groups is 1. The van der Waals surface area contributed by atoms with Gasteiger partial charge in [0.2, 0.25) is 5.91 Å². The second kappa shape index (κ2) is 8.89. The first-order valence-electron chi connectivity index (χ1n) is 8.99. The molecule has 0 aliphatic rings. The van der Waals surface area contributed by atoms with Gasteiger partial charge in [0, 0.05) is 21.5 Å². The van der Waals surface area contributed by atoms with Crippen LogP contribution in [0.4, 0.5) is 16.5 Å². The Labute approximate surface area is 177 Å². The highest BCUT2D eigenvalue weighted by Crippen LogP contribution is 2.31. The molecule has 146 valence electrons. The monoisotopic (exact) mass is 421 g/mol. The molecule has 0 fully saturated rings. The number of nitrogens with one attached hydrogen (secondary N) is 2. The number of anilines is 3. The van der Waals surface area contributed by atoms with Gasteiger partial charge in [-0.25, -0.2) is 4.98 Å². The second-order valence-electron chi connectivity index (χ2n) is 6.24. The van der Waals surface area contributed by atoms with E-state index in [-0.39, 0.29) is 5.91 Å². The maximum Gasteiger partial charge on any atom is 0.229 e. The van der Waals surface area contributed by atoms with Gasteiger partial charge in [0.15, 0.2) is 5.13 Å². The smallest absolute Gasteiger partial charge is 0.229 e. The molecule has 2 aromatic carbocycles. The van der Waals surface area contributed by atoms with Crippen molar-refractivity contribution in [1.29, 1.82) is 0 Å². The third kappa shape index (κ3) is 4.82. The quantitative estimate of drug-likeness (QED) is 0.396. The lowest BCUT2D eigenvalue weighted by Crippen LogP contribution is -2.13. The summed E-state index contributed by atoms with van der Waals surface area (Å²) in [4.78, 5) is 17.8. The molecule has 0 saturated heterocycles. The molecule has 2 aromatic heterocycles. The van der Waals surface area contributed by atoms with E-state index >= 15 is 0 Å². The molecule has 7 heteroatoms. The molecule has 5 nitrogen and oxygen atoms in total. The summed E-state index contributed by atoms with van der Waals surface area (Å²) in [6.45, 7) is 0. The van der Waals surface area contributed by atoms with Crippen molar-refractivity contribution in [2.75, 3.05) is 17.7 Å². The van der Waals surface area contributed by atoms with Crippen molar-refractivity contribution in [3.05, 3.63) is 76.3 Å². The fraction of sp³-hybridized carbons (Fsp3) is 0.0909. The van der Waals surface area contributed by atoms with Gasteiger partial charge >= 0.3 is 0 Å². The number of thiazole rings is 1. The summed E-state index contributed by atoms with van der Waals surface area (Å²) < 4.78 is 5.37. The molecule has 29 heavy (non-hydrogen) atoms. The highest BCUT2D eigenvalue weighted by atomic mass is 32.1. The van der Waals surface area contributed by atoms with E-state index in [9.17, 15) is 4.79 Å². The molecule has 0 spiro atoms. The van der Waals surface area contributed by atoms with Crippen LogP contribution in [0.15, 0.2) is 71.4 Å². The Morgan fingerprint density at radius 2 is 1.86 bits per heavy atom. The Bertz CT molecular complexity index is 1090. The number of methoxy groups -OCH3 is 1. The number of ether oxygens (including phenoxy) is 1. The minimum Gasteiger partial charge on any atom is -0.495 e. The summed E-state index contributed by atoms with van der Waals surface area (Å²) in [7, 11) is 1.65. The molecule has 4 aromatic rings. The van der Waals surface area contributed by atoms with Gasteiger partial charge in [0.1, 0.15) is 5.75 Å². The van der Waals surface area contributed by atoms with Crippen LogP contribution >= 0.6 is 22.7 Å². The minimum atomic E-state index is -0.0165. The van der Waals surface area contributed by atoms with Gasteiger partial charge < -0.3 is 15.4 Å². The number of nitrogens with zero attached hydrogens (tertiary/aromatic N) is 1. The van der Waals surface area contributed by atoms with Gasteiger partial charge in [-0.3, -0.25) is 4.79 Å². The van der Waals surface area contributed by atoms with Crippen LogP contribution in [-0.2, 0) is 11.2 Å². The Hall–Kier alpha value is -3.16. The molecule has 0 bridgehead atoms. The first-order chi connectivity index (χ1) is 14.2. The molecule has 0 unspecified atom stereocenters. The standard InChI is InChI=1S/C22H19N3O2S2/c1-27-20-7-3-2-6-18(20)24-22-25-19(14-29-22)15-8-10-16(11-9-15)23-21(26)13-17-5-4-12-28-17/h2-12,14H,13H2,1H3,(H,23,26)(H,24,25). The normalized spacial score (nSPS) is 10.5. The van der Waals surface area contributed by atoms with Crippen LogP contribution in [0.1, 0.15) is 4.88 Å². The third-order valence-corrected chi connectivity index (χ3v) is 5.87. The number of thiophene rings is 1. The molecule has 4 rings (SSSR count). The predicted molar refractivity (Wildman–Crippen MR) is 120 cm³/mol. The maximum absolute atomic E-state index is 12.1. The SMILES string of the molecule is COc1ccccc1Nc1nc(-c2ccc(NC(=O)Cc3cccs3)cc2)cs1. The van der Waals surface area contributed by atoms with E-state index in [1.54, 1.807) is 18.4 Å². The van der Waals surface area contributed by atoms with Crippen molar-refractivity contribution in [2.24, 2.45) is 0 Å². The van der Waals surface area contributed by atoms with Gasteiger partial charge in [0.05, 0.1) is 24.9 Å². The summed E-state index contributed by atoms with van der Waals surface area (Å²) in [5.41, 5.74) is 3.52. The topological polar surface area (TPSA) is 63.2 Å². The van der Waals surface area contributed by atoms with Crippen LogP contribution in [0, 0.1) is 0 Å². The van der Waals surface area contributed by atoms with Gasteiger partial charge in [0.25, 0.3) is 0 Å². The van der Waals surface area contributed by atoms with E-state index < -0.39 is 0 Å². The molecular formula is C22H19N3O2S2. The summed E-state index contributed by atoms with van der Waals surface area (Å²) in [5, 5.41) is 11.0. The molecule has 0 aliphatic heterocycles. The largest absolute Gasteiger partial charge is 0.495 e. The Morgan fingerprint density at radius 1 is 1.03 bits per heavy atom. The number of hydrogen-bond acceptors (Lipinski definition) is 6. The number of amides is 1. The van der Waals surface area contributed by atoms with Crippen molar-refractivity contribution < 1.29 is 9.53 Å². The van der Waals surface area contributed by atoms with E-state index in [2.05, 4.69) is 15.6 Å². The lowest BCUT2D eigenvalue weighted by Gasteiger charge is -2.08. The first-order valence-corrected chi connectivity index (χ1v) is 10.8. The van der Waals surface area contributed by atoms with E-state index in [0.717, 1.165) is 38.4 Å². The number of benzene rings is 2. The van der Waals surface area contributed by atoms with Gasteiger partial charge in [-0.2, -0.15) is 0 Å². The Morgan fingerprint density at radius 3 is 2.62 bits per heavy atom. The predicted octanol–water partition coefficient (Wildman–Crippen LogP) is 5.81. The summed E-state index contributed by atoms with van der Waals surface area (Å²) in [6, 6.07) is 19.4. The lowest BCUT2D eigenvalue weighted by atomic mass is 10.1. The molecule has 2 N–H and O–H groups in total. The molecular weight excluding hydrogens is 402 g/mol. The van der Waals surface area contributed by atoms with Crippen molar-refractivity contribution in [3.63, 3.8) is 0 Å². The number of carbonyl (C=O) groups excluding carboxylic acids is 1. The van der Waals surface area contributed by atoms with Crippen LogP contribution < -0.4 is 15.4 Å². The van der Waals surface area contributed by atoms with Crippen LogP contribution in [0.2, 0.25) is 0 Å². The molecule has 2 heterocycles. The zero-order chi connectivity index (χ0) is 20.1. The molecule has 0 aliphatic carbocycles. The fourth-order valence-corrected chi connectivity index (χ4v) is 4.26. The zero-order valence-electron chi connectivity index (χ0n) is 15.7. The average Bonchev–Trinajstić information content (AvgIpc) is 3.41. The van der Waals surface area contributed by atoms with Crippen LogP contribution in [0.3, 0.4) is 0 Å². The minimum absolute atomic E-state index is 0.0165. The Kier molecular flexibility index (Phi) is 5.88. The first kappa shape index (κ1) is 19.2. The lowest BCUT2D eigenvalue weighted by molar-refractivity contribution is -0.115. The van der Waals surface area contributed by atoms with Crippen molar-refractivity contribution >= 4 is 45.1 Å². The second-order valence-corrected chi connectivity index (χ2v) is 8.14. The molecule has 1 amide bonds. The van der Waals surface area contributed by atoms with E-state index in [1.165, 1.54) is 11.3 Å². The van der Waals surface area contributed by atoms with Crippen molar-refractivity contribution in [3.8, 4) is 17.0 Å². The fourth-order valence-electron chi connectivity index (χ4n) is 2.83. The van der Waals surface area contributed by atoms with E-state index in [0.29, 0.717) is 6.42 Å². The third-order valence-electron chi connectivity index (χ3n) is 4.23. The highest BCUT2D eigenvalue weighted by Gasteiger charge is 2.09. The summed E-state index contributed by atoms with van der Waals surface area (Å²) in [6.07, 6.45) is 0.392. The number of hydrogen-bond donors (Lipinski definition) is 2. The van der Waals surface area contributed by atoms with E-state index in [1.807, 2.05) is 71.4 Å². The number of rotatable bonds is 7. The number of para-hydroxylation sites is 2. The Balaban J connectivity index is 1.41. The molecule has 0 atom stereocenters. The molecule has 0 saturated carbocycles. The number of aromatic nitrogens is 1. The zero-order valence-corrected chi connectivity index (χ0v) is 17.3. The summed E-state index contributed by atoms with van der Waals surface area (Å²) >= 11 is 3.11. The highest BCUT2D eigenvalue weighted by molar-refractivity contribution is 7.14. The van der Waals surface area contributed by atoms with Crippen molar-refractivity contribution in [2.45, 2.75) is 6.42 Å². The van der Waals surface area contributed by atoms with Gasteiger partial charge in [-0.1, -0.05) is 30.3 Å². The van der Waals surface area contributed by atoms with Crippen LogP contribution in [0.5, 0.6) is 5.75 Å². The van der Waals surface area contributed by atoms with Crippen molar-refractivity contribution in [1.82, 2.24) is 4.98 Å². The van der Waals surface area contributed by atoms with Gasteiger partial charge in [-0.15, -0.1) is 22.7 Å². The van der Waals surface area contributed by atoms with E-state index in [4.69, 9.17) is 4.74 Å². The average molecular weight is 422 g/mol. The summed E-state index contributed by atoms with van der Waals surface area (Å²) in [5.74, 6) is 0.754. The maximum atomic E-state index is 12.1. The van der Waals surface area contributed by atoms with Crippen LogP contribution in [0.25, 0.3) is 11.3 Å². The molecule has 0 radical (unpaired) electrons. The van der Waals surface area contributed by atoms with Gasteiger partial charge in [-0.05, 0) is 35.7 Å². The van der Waals surface area contributed by atoms with Crippen LogP contribution in [-0.4, -0.2) is 18.0 Å².